The minimum absolute atomic E-state index is 0.420. The fourth-order valence-electron chi connectivity index (χ4n) is 2.34. The molecule has 1 aromatic rings. The Morgan fingerprint density at radius 2 is 2.47 bits per heavy atom. The molecule has 0 saturated heterocycles. The van der Waals surface area contributed by atoms with Crippen LogP contribution in [0.1, 0.15) is 43.5 Å². The molecular weight excluding hydrogens is 204 g/mol. The molecule has 3 heteroatoms. The quantitative estimate of drug-likeness (QED) is 0.825. The van der Waals surface area contributed by atoms with Crippen LogP contribution < -0.4 is 11.1 Å². The predicted molar refractivity (Wildman–Crippen MR) is 66.1 cm³/mol. The summed E-state index contributed by atoms with van der Waals surface area (Å²) in [4.78, 5) is 1.46. The maximum Gasteiger partial charge on any atom is 0.0414 e. The van der Waals surface area contributed by atoms with Crippen LogP contribution in [-0.4, -0.2) is 12.1 Å². The summed E-state index contributed by atoms with van der Waals surface area (Å²) in [6, 6.07) is 5.93. The summed E-state index contributed by atoms with van der Waals surface area (Å²) in [5.74, 6) is 0. The highest BCUT2D eigenvalue weighted by molar-refractivity contribution is 7.10. The second-order valence-corrected chi connectivity index (χ2v) is 5.39. The van der Waals surface area contributed by atoms with Crippen LogP contribution in [0.15, 0.2) is 17.5 Å². The van der Waals surface area contributed by atoms with Gasteiger partial charge in [0.2, 0.25) is 0 Å². The zero-order valence-electron chi connectivity index (χ0n) is 9.28. The van der Waals surface area contributed by atoms with Crippen LogP contribution >= 0.6 is 11.3 Å². The average molecular weight is 224 g/mol. The first-order chi connectivity index (χ1) is 7.29. The third-order valence-electron chi connectivity index (χ3n) is 3.20. The number of hydrogen-bond donors (Lipinski definition) is 2. The lowest BCUT2D eigenvalue weighted by Crippen LogP contribution is -2.31. The average Bonchev–Trinajstić information content (AvgIpc) is 2.85. The van der Waals surface area contributed by atoms with E-state index >= 15 is 0 Å². The Morgan fingerprint density at radius 3 is 3.00 bits per heavy atom. The van der Waals surface area contributed by atoms with E-state index in [2.05, 4.69) is 29.8 Å². The van der Waals surface area contributed by atoms with Crippen LogP contribution in [0, 0.1) is 0 Å². The van der Waals surface area contributed by atoms with Gasteiger partial charge in [-0.05, 0) is 37.1 Å². The summed E-state index contributed by atoms with van der Waals surface area (Å²) in [6.07, 6.45) is 4.72. The van der Waals surface area contributed by atoms with E-state index in [4.69, 9.17) is 5.73 Å². The second kappa shape index (κ2) is 5.10. The van der Waals surface area contributed by atoms with Gasteiger partial charge in [-0.25, -0.2) is 0 Å². The van der Waals surface area contributed by atoms with Gasteiger partial charge >= 0.3 is 0 Å². The molecule has 1 aromatic heterocycles. The molecule has 2 rings (SSSR count). The summed E-state index contributed by atoms with van der Waals surface area (Å²) in [5, 5.41) is 5.88. The summed E-state index contributed by atoms with van der Waals surface area (Å²) < 4.78 is 0. The Morgan fingerprint density at radius 1 is 1.60 bits per heavy atom. The molecule has 0 aliphatic heterocycles. The third-order valence-corrected chi connectivity index (χ3v) is 4.19. The molecule has 0 aromatic carbocycles. The lowest BCUT2D eigenvalue weighted by molar-refractivity contribution is 0.431. The number of hydrogen-bond acceptors (Lipinski definition) is 3. The van der Waals surface area contributed by atoms with Crippen molar-refractivity contribution >= 4 is 11.3 Å². The number of nitrogens with one attached hydrogen (secondary N) is 1. The van der Waals surface area contributed by atoms with Crippen molar-refractivity contribution in [1.29, 1.82) is 0 Å². The molecular formula is C12H20N2S. The topological polar surface area (TPSA) is 38.0 Å². The maximum absolute atomic E-state index is 5.92. The highest BCUT2D eigenvalue weighted by Crippen LogP contribution is 2.26. The van der Waals surface area contributed by atoms with Crippen LogP contribution in [-0.2, 0) is 0 Å². The van der Waals surface area contributed by atoms with Gasteiger partial charge in [-0.2, -0.15) is 0 Å². The smallest absolute Gasteiger partial charge is 0.0414 e. The van der Waals surface area contributed by atoms with E-state index in [9.17, 15) is 0 Å². The molecule has 15 heavy (non-hydrogen) atoms. The molecule has 1 heterocycles. The zero-order chi connectivity index (χ0) is 10.7. The van der Waals surface area contributed by atoms with Gasteiger partial charge < -0.3 is 11.1 Å². The van der Waals surface area contributed by atoms with Crippen LogP contribution in [0.4, 0.5) is 0 Å². The molecule has 84 valence electrons. The molecule has 0 amide bonds. The fourth-order valence-corrected chi connectivity index (χ4v) is 3.21. The van der Waals surface area contributed by atoms with Crippen molar-refractivity contribution in [3.63, 3.8) is 0 Å². The van der Waals surface area contributed by atoms with E-state index in [0.29, 0.717) is 18.1 Å². The lowest BCUT2D eigenvalue weighted by Gasteiger charge is -2.20. The maximum atomic E-state index is 5.92. The number of nitrogens with two attached hydrogens (primary N) is 1. The zero-order valence-corrected chi connectivity index (χ0v) is 10.1. The minimum Gasteiger partial charge on any atom is -0.328 e. The van der Waals surface area contributed by atoms with E-state index in [1.165, 1.54) is 17.7 Å². The molecule has 1 aliphatic rings. The highest BCUT2D eigenvalue weighted by Gasteiger charge is 2.24. The summed E-state index contributed by atoms with van der Waals surface area (Å²) in [7, 11) is 0. The van der Waals surface area contributed by atoms with Crippen molar-refractivity contribution in [3.8, 4) is 0 Å². The monoisotopic (exact) mass is 224 g/mol. The van der Waals surface area contributed by atoms with Gasteiger partial charge in [-0.1, -0.05) is 13.0 Å². The van der Waals surface area contributed by atoms with Crippen molar-refractivity contribution in [2.24, 2.45) is 5.73 Å². The predicted octanol–water partition coefficient (Wildman–Crippen LogP) is 2.67. The molecule has 3 atom stereocenters. The van der Waals surface area contributed by atoms with E-state index in [1.54, 1.807) is 0 Å². The molecule has 0 bridgehead atoms. The third kappa shape index (κ3) is 2.80. The summed E-state index contributed by atoms with van der Waals surface area (Å²) in [6.45, 7) is 2.24. The Bertz CT molecular complexity index is 284. The van der Waals surface area contributed by atoms with E-state index in [1.807, 2.05) is 11.3 Å². The molecule has 2 nitrogen and oxygen atoms in total. The molecule has 0 spiro atoms. The number of rotatable bonds is 4. The van der Waals surface area contributed by atoms with E-state index < -0.39 is 0 Å². The Hall–Kier alpha value is -0.380. The first-order valence-corrected chi connectivity index (χ1v) is 6.72. The van der Waals surface area contributed by atoms with Gasteiger partial charge in [-0.3, -0.25) is 0 Å². The van der Waals surface area contributed by atoms with Crippen LogP contribution in [0.5, 0.6) is 0 Å². The van der Waals surface area contributed by atoms with Crippen LogP contribution in [0.3, 0.4) is 0 Å². The van der Waals surface area contributed by atoms with Crippen molar-refractivity contribution < 1.29 is 0 Å². The van der Waals surface area contributed by atoms with Gasteiger partial charge in [0, 0.05) is 23.0 Å². The van der Waals surface area contributed by atoms with Gasteiger partial charge in [0.05, 0.1) is 0 Å². The van der Waals surface area contributed by atoms with Crippen molar-refractivity contribution in [1.82, 2.24) is 5.32 Å². The Labute approximate surface area is 95.9 Å². The highest BCUT2D eigenvalue weighted by atomic mass is 32.1. The summed E-state index contributed by atoms with van der Waals surface area (Å²) in [5.41, 5.74) is 5.92. The number of thiophene rings is 1. The molecule has 1 saturated carbocycles. The SMILES string of the molecule is CCC(NC1CCC(N)C1)c1cccs1. The fraction of sp³-hybridized carbons (Fsp3) is 0.667. The first-order valence-electron chi connectivity index (χ1n) is 5.84. The normalized spacial score (nSPS) is 28.1. The lowest BCUT2D eigenvalue weighted by atomic mass is 10.1. The standard InChI is InChI=1S/C12H20N2S/c1-2-11(12-4-3-7-15-12)14-10-6-5-9(13)8-10/h3-4,7,9-11,14H,2,5-6,8,13H2,1H3. The first kappa shape index (κ1) is 11.1. The van der Waals surface area contributed by atoms with Gasteiger partial charge in [0.1, 0.15) is 0 Å². The Balaban J connectivity index is 1.91. The van der Waals surface area contributed by atoms with Crippen LogP contribution in [0.2, 0.25) is 0 Å². The molecule has 3 N–H and O–H groups in total. The largest absolute Gasteiger partial charge is 0.328 e. The van der Waals surface area contributed by atoms with Gasteiger partial charge in [0.25, 0.3) is 0 Å². The van der Waals surface area contributed by atoms with E-state index in [0.717, 1.165) is 12.8 Å². The minimum atomic E-state index is 0.420. The van der Waals surface area contributed by atoms with Crippen molar-refractivity contribution in [2.75, 3.05) is 0 Å². The summed E-state index contributed by atoms with van der Waals surface area (Å²) >= 11 is 1.85. The van der Waals surface area contributed by atoms with Gasteiger partial charge in [0.15, 0.2) is 0 Å². The molecule has 1 fully saturated rings. The molecule has 1 aliphatic carbocycles. The second-order valence-electron chi connectivity index (χ2n) is 4.41. The molecule has 3 unspecified atom stereocenters. The van der Waals surface area contributed by atoms with Crippen molar-refractivity contribution in [3.05, 3.63) is 22.4 Å². The van der Waals surface area contributed by atoms with Crippen LogP contribution in [0.25, 0.3) is 0 Å². The molecule has 0 radical (unpaired) electrons. The van der Waals surface area contributed by atoms with Gasteiger partial charge in [-0.15, -0.1) is 11.3 Å². The Kier molecular flexibility index (Phi) is 3.78. The van der Waals surface area contributed by atoms with E-state index in [-0.39, 0.29) is 0 Å². The van der Waals surface area contributed by atoms with Crippen molar-refractivity contribution in [2.45, 2.75) is 50.7 Å².